The fourth-order valence-electron chi connectivity index (χ4n) is 3.00. The molecular weight excluding hydrogens is 467 g/mol. The summed E-state index contributed by atoms with van der Waals surface area (Å²) in [4.78, 5) is 9.11. The number of halogens is 1. The van der Waals surface area contributed by atoms with E-state index in [4.69, 9.17) is 0 Å². The van der Waals surface area contributed by atoms with Gasteiger partial charge in [0.2, 0.25) is 0 Å². The molecule has 0 saturated heterocycles. The van der Waals surface area contributed by atoms with E-state index in [1.807, 2.05) is 24.5 Å². The molecule has 0 atom stereocenters. The normalized spacial score (nSPS) is 11.4. The molecule has 2 N–H and O–H groups in total. The van der Waals surface area contributed by atoms with Crippen molar-refractivity contribution in [2.45, 2.75) is 39.8 Å². The first-order valence-electron chi connectivity index (χ1n) is 9.60. The van der Waals surface area contributed by atoms with E-state index in [0.717, 1.165) is 62.9 Å². The minimum Gasteiger partial charge on any atom is -0.357 e. The Hall–Kier alpha value is -2.17. The van der Waals surface area contributed by atoms with Crippen molar-refractivity contribution in [1.82, 2.24) is 34.9 Å². The summed E-state index contributed by atoms with van der Waals surface area (Å²) in [6.07, 6.45) is 5.53. The predicted molar refractivity (Wildman–Crippen MR) is 123 cm³/mol. The van der Waals surface area contributed by atoms with Gasteiger partial charge in [0.25, 0.3) is 0 Å². The fraction of sp³-hybridized carbons (Fsp3) is 0.474. The quantitative estimate of drug-likeness (QED) is 0.206. The number of para-hydroxylation sites is 2. The van der Waals surface area contributed by atoms with Gasteiger partial charge >= 0.3 is 0 Å². The van der Waals surface area contributed by atoms with Crippen LogP contribution in [0.25, 0.3) is 11.0 Å². The monoisotopic (exact) mass is 496 g/mol. The molecule has 0 unspecified atom stereocenters. The van der Waals surface area contributed by atoms with E-state index in [9.17, 15) is 0 Å². The topological polar surface area (TPSA) is 85.0 Å². The average molecular weight is 496 g/mol. The average Bonchev–Trinajstić information content (AvgIpc) is 3.32. The van der Waals surface area contributed by atoms with Crippen molar-refractivity contribution in [3.8, 4) is 0 Å². The Balaban J connectivity index is 0.00000280. The lowest BCUT2D eigenvalue weighted by atomic mass is 10.3. The molecule has 0 aliphatic heterocycles. The number of imidazole rings is 1. The number of aliphatic imine (C=N–C) groups is 1. The van der Waals surface area contributed by atoms with E-state index in [2.05, 4.69) is 59.9 Å². The Bertz CT molecular complexity index is 870. The van der Waals surface area contributed by atoms with Crippen molar-refractivity contribution in [2.24, 2.45) is 4.99 Å². The molecule has 2 heterocycles. The van der Waals surface area contributed by atoms with Gasteiger partial charge in [-0.1, -0.05) is 19.1 Å². The van der Waals surface area contributed by atoms with Crippen LogP contribution < -0.4 is 10.6 Å². The highest BCUT2D eigenvalue weighted by Crippen LogP contribution is 2.11. The molecule has 3 rings (SSSR count). The minimum atomic E-state index is 0. The van der Waals surface area contributed by atoms with Gasteiger partial charge in [-0.2, -0.15) is 0 Å². The summed E-state index contributed by atoms with van der Waals surface area (Å²) in [5, 5.41) is 14.7. The first-order chi connectivity index (χ1) is 13.3. The van der Waals surface area contributed by atoms with Crippen molar-refractivity contribution < 1.29 is 0 Å². The van der Waals surface area contributed by atoms with Gasteiger partial charge in [-0.3, -0.25) is 4.99 Å². The number of rotatable bonds is 9. The summed E-state index contributed by atoms with van der Waals surface area (Å²) >= 11 is 0. The lowest BCUT2D eigenvalue weighted by Gasteiger charge is -2.12. The van der Waals surface area contributed by atoms with E-state index in [0.29, 0.717) is 0 Å². The number of hydrogen-bond donors (Lipinski definition) is 2. The SMILES string of the molecule is CCNC(=NCCCn1cnc2ccccc21)NCCn1cnnc1CC.I. The lowest BCUT2D eigenvalue weighted by molar-refractivity contribution is 0.628. The second kappa shape index (κ2) is 11.6. The van der Waals surface area contributed by atoms with Crippen molar-refractivity contribution in [2.75, 3.05) is 19.6 Å². The van der Waals surface area contributed by atoms with Crippen LogP contribution in [-0.2, 0) is 19.5 Å². The van der Waals surface area contributed by atoms with Gasteiger partial charge in [0.05, 0.1) is 17.4 Å². The number of nitrogens with zero attached hydrogens (tertiary/aromatic N) is 6. The Morgan fingerprint density at radius 3 is 2.75 bits per heavy atom. The number of nitrogens with one attached hydrogen (secondary N) is 2. The number of hydrogen-bond acceptors (Lipinski definition) is 4. The Labute approximate surface area is 182 Å². The van der Waals surface area contributed by atoms with E-state index < -0.39 is 0 Å². The highest BCUT2D eigenvalue weighted by atomic mass is 127. The summed E-state index contributed by atoms with van der Waals surface area (Å²) in [6.45, 7) is 8.26. The zero-order valence-electron chi connectivity index (χ0n) is 16.5. The first kappa shape index (κ1) is 22.1. The fourth-order valence-corrected chi connectivity index (χ4v) is 3.00. The summed E-state index contributed by atoms with van der Waals surface area (Å²) in [5.74, 6) is 1.85. The zero-order valence-corrected chi connectivity index (χ0v) is 18.8. The molecule has 0 aliphatic carbocycles. The summed E-state index contributed by atoms with van der Waals surface area (Å²) in [7, 11) is 0. The minimum absolute atomic E-state index is 0. The number of aryl methyl sites for hydroxylation is 2. The molecule has 0 bridgehead atoms. The molecule has 0 aliphatic rings. The number of benzene rings is 1. The smallest absolute Gasteiger partial charge is 0.191 e. The third kappa shape index (κ3) is 5.91. The molecule has 1 aromatic carbocycles. The first-order valence-corrected chi connectivity index (χ1v) is 9.60. The molecule has 8 nitrogen and oxygen atoms in total. The third-order valence-corrected chi connectivity index (χ3v) is 4.36. The van der Waals surface area contributed by atoms with Gasteiger partial charge in [-0.25, -0.2) is 4.98 Å². The van der Waals surface area contributed by atoms with Gasteiger partial charge < -0.3 is 19.8 Å². The van der Waals surface area contributed by atoms with Crippen LogP contribution in [0, 0.1) is 0 Å². The summed E-state index contributed by atoms with van der Waals surface area (Å²) in [5.41, 5.74) is 2.21. The standard InChI is InChI=1S/C19H28N8.HI/c1-3-18-25-24-15-27(18)13-11-22-19(20-4-2)21-10-7-12-26-14-23-16-8-5-6-9-17(16)26;/h5-6,8-9,14-15H,3-4,7,10-13H2,1-2H3,(H2,20,21,22);1H. The van der Waals surface area contributed by atoms with Crippen LogP contribution in [0.15, 0.2) is 41.9 Å². The largest absolute Gasteiger partial charge is 0.357 e. The van der Waals surface area contributed by atoms with Crippen molar-refractivity contribution in [1.29, 1.82) is 0 Å². The third-order valence-electron chi connectivity index (χ3n) is 4.36. The van der Waals surface area contributed by atoms with Crippen LogP contribution in [0.5, 0.6) is 0 Å². The maximum Gasteiger partial charge on any atom is 0.191 e. The van der Waals surface area contributed by atoms with Gasteiger partial charge in [-0.15, -0.1) is 34.2 Å². The molecule has 0 radical (unpaired) electrons. The van der Waals surface area contributed by atoms with Gasteiger partial charge in [-0.05, 0) is 25.5 Å². The molecule has 0 amide bonds. The van der Waals surface area contributed by atoms with Crippen LogP contribution in [0.3, 0.4) is 0 Å². The van der Waals surface area contributed by atoms with Crippen LogP contribution in [-0.4, -0.2) is 49.9 Å². The summed E-state index contributed by atoms with van der Waals surface area (Å²) < 4.78 is 4.25. The van der Waals surface area contributed by atoms with E-state index in [1.165, 1.54) is 5.52 Å². The Morgan fingerprint density at radius 2 is 1.93 bits per heavy atom. The molecule has 9 heteroatoms. The van der Waals surface area contributed by atoms with E-state index >= 15 is 0 Å². The van der Waals surface area contributed by atoms with E-state index in [-0.39, 0.29) is 24.0 Å². The molecule has 3 aromatic rings. The maximum absolute atomic E-state index is 4.67. The highest BCUT2D eigenvalue weighted by molar-refractivity contribution is 14.0. The number of aromatic nitrogens is 5. The van der Waals surface area contributed by atoms with Crippen LogP contribution >= 0.6 is 24.0 Å². The van der Waals surface area contributed by atoms with Crippen molar-refractivity contribution >= 4 is 41.0 Å². The highest BCUT2D eigenvalue weighted by Gasteiger charge is 2.03. The number of guanidine groups is 1. The molecule has 152 valence electrons. The van der Waals surface area contributed by atoms with Crippen molar-refractivity contribution in [3.05, 3.63) is 42.7 Å². The van der Waals surface area contributed by atoms with Crippen LogP contribution in [0.1, 0.15) is 26.1 Å². The van der Waals surface area contributed by atoms with Gasteiger partial charge in [0.1, 0.15) is 12.2 Å². The lowest BCUT2D eigenvalue weighted by Crippen LogP contribution is -2.39. The Kier molecular flexibility index (Phi) is 9.18. The Morgan fingerprint density at radius 1 is 1.07 bits per heavy atom. The molecule has 28 heavy (non-hydrogen) atoms. The second-order valence-electron chi connectivity index (χ2n) is 6.26. The summed E-state index contributed by atoms with van der Waals surface area (Å²) in [6, 6.07) is 8.21. The molecule has 0 spiro atoms. The zero-order chi connectivity index (χ0) is 18.9. The van der Waals surface area contributed by atoms with Crippen LogP contribution in [0.2, 0.25) is 0 Å². The van der Waals surface area contributed by atoms with Gasteiger partial charge in [0.15, 0.2) is 5.96 Å². The predicted octanol–water partition coefficient (Wildman–Crippen LogP) is 2.45. The number of fused-ring (bicyclic) bond motifs is 1. The second-order valence-corrected chi connectivity index (χ2v) is 6.26. The van der Waals surface area contributed by atoms with Gasteiger partial charge in [0, 0.05) is 39.1 Å². The molecule has 0 fully saturated rings. The van der Waals surface area contributed by atoms with Crippen molar-refractivity contribution in [3.63, 3.8) is 0 Å². The molecule has 0 saturated carbocycles. The molecular formula is C19H29IN8. The van der Waals surface area contributed by atoms with E-state index in [1.54, 1.807) is 6.33 Å². The maximum atomic E-state index is 4.67. The van der Waals surface area contributed by atoms with Crippen LogP contribution in [0.4, 0.5) is 0 Å². The molecule has 2 aromatic heterocycles.